The zero-order chi connectivity index (χ0) is 17.9. The van der Waals surface area contributed by atoms with Crippen molar-refractivity contribution in [1.29, 1.82) is 0 Å². The van der Waals surface area contributed by atoms with Crippen molar-refractivity contribution in [2.75, 3.05) is 13.1 Å². The van der Waals surface area contributed by atoms with Crippen molar-refractivity contribution < 1.29 is 4.79 Å². The van der Waals surface area contributed by atoms with Crippen LogP contribution in [-0.4, -0.2) is 48.8 Å². The van der Waals surface area contributed by atoms with Gasteiger partial charge in [-0.3, -0.25) is 9.78 Å². The lowest BCUT2D eigenvalue weighted by Gasteiger charge is -2.32. The minimum Gasteiger partial charge on any atom is -0.343 e. The number of aromatic amines is 1. The Kier molecular flexibility index (Phi) is 4.75. The van der Waals surface area contributed by atoms with E-state index in [1.165, 1.54) is 11.3 Å². The topological polar surface area (TPSA) is 87.7 Å². The van der Waals surface area contributed by atoms with Gasteiger partial charge in [-0.05, 0) is 32.1 Å². The zero-order valence-electron chi connectivity index (χ0n) is 14.6. The number of aryl methyl sites for hydroxylation is 1. The van der Waals surface area contributed by atoms with Gasteiger partial charge in [0.15, 0.2) is 5.82 Å². The number of imidazole rings is 1. The third kappa shape index (κ3) is 3.50. The van der Waals surface area contributed by atoms with Crippen molar-refractivity contribution in [3.63, 3.8) is 0 Å². The van der Waals surface area contributed by atoms with E-state index in [4.69, 9.17) is 0 Å². The van der Waals surface area contributed by atoms with Crippen molar-refractivity contribution in [1.82, 2.24) is 29.8 Å². The van der Waals surface area contributed by atoms with Crippen LogP contribution in [0.15, 0.2) is 30.3 Å². The van der Waals surface area contributed by atoms with Crippen LogP contribution in [0, 0.1) is 12.8 Å². The van der Waals surface area contributed by atoms with Crippen LogP contribution in [0.25, 0.3) is 11.5 Å². The number of thiazole rings is 1. The Balaban J connectivity index is 1.45. The molecule has 1 fully saturated rings. The Morgan fingerprint density at radius 2 is 2.31 bits per heavy atom. The number of piperidine rings is 1. The lowest BCUT2D eigenvalue weighted by molar-refractivity contribution is 0.0676. The summed E-state index contributed by atoms with van der Waals surface area (Å²) < 4.78 is 0. The molecular formula is C18H20N6OS. The van der Waals surface area contributed by atoms with Crippen LogP contribution in [0.3, 0.4) is 0 Å². The van der Waals surface area contributed by atoms with Gasteiger partial charge in [0.1, 0.15) is 10.6 Å². The van der Waals surface area contributed by atoms with Crippen LogP contribution in [0.4, 0.5) is 0 Å². The molecule has 7 nitrogen and oxygen atoms in total. The van der Waals surface area contributed by atoms with Crippen molar-refractivity contribution in [2.45, 2.75) is 26.2 Å². The number of nitrogens with zero attached hydrogens (tertiary/aromatic N) is 5. The summed E-state index contributed by atoms with van der Waals surface area (Å²) in [5, 5.41) is 0. The molecule has 0 bridgehead atoms. The Labute approximate surface area is 155 Å². The second kappa shape index (κ2) is 7.33. The van der Waals surface area contributed by atoms with E-state index < -0.39 is 0 Å². The molecule has 0 aromatic carbocycles. The SMILES string of the molecule is Cc1ncsc1C(=O)N1CCC[C@@H](Cc2cncc(-c3ncc[nH]3)n2)C1. The number of aromatic nitrogens is 5. The largest absolute Gasteiger partial charge is 0.343 e. The van der Waals surface area contributed by atoms with Crippen LogP contribution in [-0.2, 0) is 6.42 Å². The lowest BCUT2D eigenvalue weighted by Crippen LogP contribution is -2.40. The number of hydrogen-bond donors (Lipinski definition) is 1. The summed E-state index contributed by atoms with van der Waals surface area (Å²) in [6.07, 6.45) is 9.92. The molecule has 1 amide bonds. The lowest BCUT2D eigenvalue weighted by atomic mass is 9.93. The molecule has 0 saturated carbocycles. The highest BCUT2D eigenvalue weighted by Gasteiger charge is 2.26. The first-order valence-electron chi connectivity index (χ1n) is 8.70. The molecule has 0 spiro atoms. The Morgan fingerprint density at radius 3 is 3.08 bits per heavy atom. The second-order valence-corrected chi connectivity index (χ2v) is 7.42. The highest BCUT2D eigenvalue weighted by Crippen LogP contribution is 2.24. The fourth-order valence-electron chi connectivity index (χ4n) is 3.39. The van der Waals surface area contributed by atoms with Crippen LogP contribution in [0.2, 0.25) is 0 Å². The van der Waals surface area contributed by atoms with Crippen molar-refractivity contribution >= 4 is 17.2 Å². The summed E-state index contributed by atoms with van der Waals surface area (Å²) in [6, 6.07) is 0. The highest BCUT2D eigenvalue weighted by atomic mass is 32.1. The van der Waals surface area contributed by atoms with Crippen LogP contribution in [0.5, 0.6) is 0 Å². The zero-order valence-corrected chi connectivity index (χ0v) is 15.4. The summed E-state index contributed by atoms with van der Waals surface area (Å²) in [4.78, 5) is 35.9. The molecule has 1 saturated heterocycles. The van der Waals surface area contributed by atoms with Gasteiger partial charge in [0, 0.05) is 31.7 Å². The van der Waals surface area contributed by atoms with Crippen LogP contribution < -0.4 is 0 Å². The quantitative estimate of drug-likeness (QED) is 0.765. The molecule has 0 radical (unpaired) electrons. The smallest absolute Gasteiger partial charge is 0.265 e. The first-order valence-corrected chi connectivity index (χ1v) is 9.58. The van der Waals surface area contributed by atoms with E-state index in [0.717, 1.165) is 60.1 Å². The van der Waals surface area contributed by atoms with Gasteiger partial charge in [0.2, 0.25) is 0 Å². The Bertz CT molecular complexity index is 891. The third-order valence-electron chi connectivity index (χ3n) is 4.67. The van der Waals surface area contributed by atoms with Gasteiger partial charge in [-0.2, -0.15) is 0 Å². The van der Waals surface area contributed by atoms with E-state index in [1.807, 2.05) is 11.8 Å². The molecule has 0 unspecified atom stereocenters. The fourth-order valence-corrected chi connectivity index (χ4v) is 4.16. The first-order chi connectivity index (χ1) is 12.7. The molecular weight excluding hydrogens is 348 g/mol. The van der Waals surface area contributed by atoms with Crippen LogP contribution in [0.1, 0.15) is 33.9 Å². The molecule has 26 heavy (non-hydrogen) atoms. The molecule has 3 aromatic heterocycles. The number of nitrogens with one attached hydrogen (secondary N) is 1. The standard InChI is InChI=1S/C18H20N6OS/c1-12-16(26-11-22-12)18(25)24-6-2-3-13(10-24)7-14-8-19-9-15(23-14)17-20-4-5-21-17/h4-5,8-9,11,13H,2-3,6-7,10H2,1H3,(H,20,21)/t13-/m0/s1. The molecule has 1 aliphatic heterocycles. The minimum atomic E-state index is 0.102. The molecule has 134 valence electrons. The second-order valence-electron chi connectivity index (χ2n) is 6.56. The maximum Gasteiger partial charge on any atom is 0.265 e. The monoisotopic (exact) mass is 368 g/mol. The summed E-state index contributed by atoms with van der Waals surface area (Å²) >= 11 is 1.42. The van der Waals surface area contributed by atoms with Gasteiger partial charge in [0.05, 0.1) is 23.1 Å². The summed E-state index contributed by atoms with van der Waals surface area (Å²) in [5.74, 6) is 1.22. The van der Waals surface area contributed by atoms with Crippen molar-refractivity contribution in [3.8, 4) is 11.5 Å². The van der Waals surface area contributed by atoms with Gasteiger partial charge in [0.25, 0.3) is 5.91 Å². The molecule has 4 rings (SSSR count). The molecule has 4 heterocycles. The fraction of sp³-hybridized carbons (Fsp3) is 0.389. The number of amides is 1. The normalized spacial score (nSPS) is 17.4. The summed E-state index contributed by atoms with van der Waals surface area (Å²) in [7, 11) is 0. The van der Waals surface area contributed by atoms with Gasteiger partial charge >= 0.3 is 0 Å². The van der Waals surface area contributed by atoms with E-state index in [9.17, 15) is 4.79 Å². The third-order valence-corrected chi connectivity index (χ3v) is 5.59. The van der Waals surface area contributed by atoms with Gasteiger partial charge in [-0.25, -0.2) is 15.0 Å². The van der Waals surface area contributed by atoms with Crippen molar-refractivity contribution in [2.24, 2.45) is 5.92 Å². The number of carbonyl (C=O) groups is 1. The summed E-state index contributed by atoms with van der Waals surface area (Å²) in [6.45, 7) is 3.45. The van der Waals surface area contributed by atoms with E-state index in [-0.39, 0.29) is 5.91 Å². The molecule has 1 aliphatic rings. The van der Waals surface area contributed by atoms with Crippen LogP contribution >= 0.6 is 11.3 Å². The van der Waals surface area contributed by atoms with Gasteiger partial charge in [-0.15, -0.1) is 11.3 Å². The molecule has 1 N–H and O–H groups in total. The first kappa shape index (κ1) is 16.8. The van der Waals surface area contributed by atoms with E-state index in [0.29, 0.717) is 5.92 Å². The molecule has 1 atom stereocenters. The molecule has 0 aliphatic carbocycles. The van der Waals surface area contributed by atoms with Gasteiger partial charge in [-0.1, -0.05) is 0 Å². The average Bonchev–Trinajstić information content (AvgIpc) is 3.33. The number of likely N-dealkylation sites (tertiary alicyclic amines) is 1. The Hall–Kier alpha value is -2.61. The highest BCUT2D eigenvalue weighted by molar-refractivity contribution is 7.11. The maximum absolute atomic E-state index is 12.7. The maximum atomic E-state index is 12.7. The molecule has 8 heteroatoms. The van der Waals surface area contributed by atoms with Crippen molar-refractivity contribution in [3.05, 3.63) is 46.6 Å². The number of hydrogen-bond acceptors (Lipinski definition) is 6. The summed E-state index contributed by atoms with van der Waals surface area (Å²) in [5.41, 5.74) is 4.24. The number of rotatable bonds is 4. The molecule has 3 aromatic rings. The average molecular weight is 368 g/mol. The van der Waals surface area contributed by atoms with E-state index >= 15 is 0 Å². The number of H-pyrrole nitrogens is 1. The predicted molar refractivity (Wildman–Crippen MR) is 98.8 cm³/mol. The Morgan fingerprint density at radius 1 is 1.38 bits per heavy atom. The minimum absolute atomic E-state index is 0.102. The van der Waals surface area contributed by atoms with E-state index in [1.54, 1.807) is 30.3 Å². The number of carbonyl (C=O) groups excluding carboxylic acids is 1. The van der Waals surface area contributed by atoms with Gasteiger partial charge < -0.3 is 9.88 Å². The van der Waals surface area contributed by atoms with E-state index in [2.05, 4.69) is 24.9 Å². The predicted octanol–water partition coefficient (Wildman–Crippen LogP) is 2.73.